The molecule has 1 fully saturated rings. The lowest BCUT2D eigenvalue weighted by molar-refractivity contribution is -0.137. The van der Waals surface area contributed by atoms with Gasteiger partial charge in [0.25, 0.3) is 0 Å². The van der Waals surface area contributed by atoms with E-state index in [9.17, 15) is 21.6 Å². The molecule has 0 spiro atoms. The van der Waals surface area contributed by atoms with Crippen LogP contribution in [0.2, 0.25) is 5.02 Å². The quantitative estimate of drug-likeness (QED) is 0.715. The van der Waals surface area contributed by atoms with Crippen LogP contribution in [-0.2, 0) is 16.2 Å². The molecule has 0 aromatic heterocycles. The first-order valence-electron chi connectivity index (χ1n) is 8.47. The maximum atomic E-state index is 13.0. The first kappa shape index (κ1) is 19.7. The van der Waals surface area contributed by atoms with E-state index >= 15 is 0 Å². The highest BCUT2D eigenvalue weighted by Crippen LogP contribution is 2.36. The van der Waals surface area contributed by atoms with Crippen molar-refractivity contribution in [2.75, 3.05) is 26.2 Å². The zero-order valence-corrected chi connectivity index (χ0v) is 15.6. The van der Waals surface area contributed by atoms with Crippen LogP contribution in [0.3, 0.4) is 0 Å². The van der Waals surface area contributed by atoms with Crippen LogP contribution in [0.15, 0.2) is 35.2 Å². The number of allylic oxidation sites excluding steroid dienone is 1. The van der Waals surface area contributed by atoms with E-state index in [2.05, 4.69) is 17.1 Å². The smallest absolute Gasteiger partial charge is 0.294 e. The summed E-state index contributed by atoms with van der Waals surface area (Å²) in [6, 6.07) is 3.05. The molecule has 2 aliphatic rings. The molecule has 3 rings (SSSR count). The SMILES string of the molecule is O=S(=O)(c1ccc(Cl)c(C(F)(F)F)c1)N1CCN(C2C=CCCC2)CC1. The van der Waals surface area contributed by atoms with Gasteiger partial charge in [0.1, 0.15) is 0 Å². The molecule has 4 nitrogen and oxygen atoms in total. The van der Waals surface area contributed by atoms with Gasteiger partial charge in [0, 0.05) is 32.2 Å². The fraction of sp³-hybridized carbons (Fsp3) is 0.529. The molecule has 144 valence electrons. The van der Waals surface area contributed by atoms with Gasteiger partial charge in [-0.05, 0) is 37.5 Å². The standard InChI is InChI=1S/C17H20ClF3N2O2S/c18-16-7-6-14(12-15(16)17(19,20)21)26(24,25)23-10-8-22(9-11-23)13-4-2-1-3-5-13/h2,4,6-7,12-13H,1,3,5,8-11H2. The van der Waals surface area contributed by atoms with E-state index in [0.29, 0.717) is 25.2 Å². The van der Waals surface area contributed by atoms with Crippen LogP contribution in [0, 0.1) is 0 Å². The summed E-state index contributed by atoms with van der Waals surface area (Å²) in [6.07, 6.45) is 2.84. The van der Waals surface area contributed by atoms with Gasteiger partial charge in [-0.15, -0.1) is 0 Å². The third kappa shape index (κ3) is 4.08. The molecule has 1 heterocycles. The molecular formula is C17H20ClF3N2O2S. The van der Waals surface area contributed by atoms with Crippen molar-refractivity contribution in [3.8, 4) is 0 Å². The second-order valence-electron chi connectivity index (χ2n) is 6.51. The molecule has 1 aromatic carbocycles. The van der Waals surface area contributed by atoms with Gasteiger partial charge in [-0.1, -0.05) is 23.8 Å². The van der Waals surface area contributed by atoms with Crippen LogP contribution in [0.4, 0.5) is 13.2 Å². The van der Waals surface area contributed by atoms with Gasteiger partial charge in [0.15, 0.2) is 0 Å². The average Bonchev–Trinajstić information content (AvgIpc) is 2.62. The van der Waals surface area contributed by atoms with Crippen LogP contribution >= 0.6 is 11.6 Å². The van der Waals surface area contributed by atoms with Gasteiger partial charge in [-0.25, -0.2) is 8.42 Å². The molecule has 1 aliphatic carbocycles. The van der Waals surface area contributed by atoms with Crippen molar-refractivity contribution >= 4 is 21.6 Å². The van der Waals surface area contributed by atoms with Crippen molar-refractivity contribution in [1.82, 2.24) is 9.21 Å². The fourth-order valence-corrected chi connectivity index (χ4v) is 5.08. The summed E-state index contributed by atoms with van der Waals surface area (Å²) >= 11 is 5.58. The monoisotopic (exact) mass is 408 g/mol. The summed E-state index contributed by atoms with van der Waals surface area (Å²) in [4.78, 5) is 1.85. The first-order chi connectivity index (χ1) is 12.2. The second-order valence-corrected chi connectivity index (χ2v) is 8.85. The number of hydrogen-bond acceptors (Lipinski definition) is 3. The zero-order chi connectivity index (χ0) is 18.9. The van der Waals surface area contributed by atoms with Crippen molar-refractivity contribution in [3.05, 3.63) is 40.9 Å². The molecule has 1 aromatic rings. The van der Waals surface area contributed by atoms with Gasteiger partial charge in [0.05, 0.1) is 15.5 Å². The van der Waals surface area contributed by atoms with E-state index in [1.54, 1.807) is 0 Å². The lowest BCUT2D eigenvalue weighted by Gasteiger charge is -2.38. The fourth-order valence-electron chi connectivity index (χ4n) is 3.41. The molecule has 0 radical (unpaired) electrons. The van der Waals surface area contributed by atoms with Gasteiger partial charge in [0.2, 0.25) is 10.0 Å². The number of sulfonamides is 1. The molecule has 0 bridgehead atoms. The number of alkyl halides is 3. The normalized spacial score (nSPS) is 23.3. The summed E-state index contributed by atoms with van der Waals surface area (Å²) in [5, 5.41) is -0.509. The van der Waals surface area contributed by atoms with Crippen LogP contribution in [0.5, 0.6) is 0 Å². The minimum absolute atomic E-state index is 0.261. The lowest BCUT2D eigenvalue weighted by atomic mass is 10.0. The summed E-state index contributed by atoms with van der Waals surface area (Å²) in [7, 11) is -3.99. The molecule has 26 heavy (non-hydrogen) atoms. The third-order valence-corrected chi connectivity index (χ3v) is 7.08. The molecule has 0 N–H and O–H groups in total. The predicted molar refractivity (Wildman–Crippen MR) is 93.6 cm³/mol. The molecule has 1 atom stereocenters. The Morgan fingerprint density at radius 3 is 2.38 bits per heavy atom. The second kappa shape index (κ2) is 7.50. The Balaban J connectivity index is 1.75. The number of nitrogens with zero attached hydrogens (tertiary/aromatic N) is 2. The number of hydrogen-bond donors (Lipinski definition) is 0. The number of rotatable bonds is 3. The van der Waals surface area contributed by atoms with Crippen molar-refractivity contribution < 1.29 is 21.6 Å². The first-order valence-corrected chi connectivity index (χ1v) is 10.3. The number of halogens is 4. The molecule has 0 saturated carbocycles. The molecule has 0 amide bonds. The molecule has 1 aliphatic heterocycles. The Morgan fingerprint density at radius 1 is 1.12 bits per heavy atom. The summed E-state index contributed by atoms with van der Waals surface area (Å²) in [6.45, 7) is 1.65. The third-order valence-electron chi connectivity index (χ3n) is 4.85. The average molecular weight is 409 g/mol. The van der Waals surface area contributed by atoms with Crippen molar-refractivity contribution in [3.63, 3.8) is 0 Å². The van der Waals surface area contributed by atoms with Crippen LogP contribution < -0.4 is 0 Å². The predicted octanol–water partition coefficient (Wildman–Crippen LogP) is 3.77. The number of benzene rings is 1. The molecular weight excluding hydrogens is 389 g/mol. The molecule has 1 saturated heterocycles. The maximum absolute atomic E-state index is 13.0. The van der Waals surface area contributed by atoms with Gasteiger partial charge < -0.3 is 0 Å². The van der Waals surface area contributed by atoms with E-state index in [1.165, 1.54) is 4.31 Å². The Kier molecular flexibility index (Phi) is 5.67. The van der Waals surface area contributed by atoms with Crippen LogP contribution in [0.25, 0.3) is 0 Å². The lowest BCUT2D eigenvalue weighted by Crippen LogP contribution is -2.51. The largest absolute Gasteiger partial charge is 0.417 e. The van der Waals surface area contributed by atoms with Crippen molar-refractivity contribution in [1.29, 1.82) is 0 Å². The van der Waals surface area contributed by atoms with Crippen molar-refractivity contribution in [2.24, 2.45) is 0 Å². The highest BCUT2D eigenvalue weighted by Gasteiger charge is 2.36. The minimum Gasteiger partial charge on any atom is -0.294 e. The van der Waals surface area contributed by atoms with Crippen molar-refractivity contribution in [2.45, 2.75) is 36.4 Å². The zero-order valence-electron chi connectivity index (χ0n) is 14.0. The molecule has 9 heteroatoms. The maximum Gasteiger partial charge on any atom is 0.417 e. The van der Waals surface area contributed by atoms with Crippen LogP contribution in [-0.4, -0.2) is 49.8 Å². The topological polar surface area (TPSA) is 40.6 Å². The summed E-state index contributed by atoms with van der Waals surface area (Å²) in [5.74, 6) is 0. The summed E-state index contributed by atoms with van der Waals surface area (Å²) < 4.78 is 65.8. The minimum atomic E-state index is -4.70. The number of piperazine rings is 1. The Hall–Kier alpha value is -1.09. The van der Waals surface area contributed by atoms with E-state index < -0.39 is 26.8 Å². The highest BCUT2D eigenvalue weighted by molar-refractivity contribution is 7.89. The Bertz CT molecular complexity index is 788. The van der Waals surface area contributed by atoms with E-state index in [4.69, 9.17) is 11.6 Å². The van der Waals surface area contributed by atoms with Crippen LogP contribution in [0.1, 0.15) is 24.8 Å². The molecule has 1 unspecified atom stereocenters. The summed E-state index contributed by atoms with van der Waals surface area (Å²) in [5.41, 5.74) is -1.13. The Labute approximate surface area is 156 Å². The van der Waals surface area contributed by atoms with Gasteiger partial charge in [-0.3, -0.25) is 4.90 Å². The Morgan fingerprint density at radius 2 is 1.81 bits per heavy atom. The highest BCUT2D eigenvalue weighted by atomic mass is 35.5. The van der Waals surface area contributed by atoms with E-state index in [1.807, 2.05) is 0 Å². The van der Waals surface area contributed by atoms with Gasteiger partial charge in [-0.2, -0.15) is 17.5 Å². The van der Waals surface area contributed by atoms with E-state index in [0.717, 1.165) is 31.4 Å². The van der Waals surface area contributed by atoms with Gasteiger partial charge >= 0.3 is 6.18 Å². The van der Waals surface area contributed by atoms with E-state index in [-0.39, 0.29) is 18.0 Å².